The minimum absolute atomic E-state index is 0.0148. The molecule has 1 aliphatic rings. The van der Waals surface area contributed by atoms with Gasteiger partial charge in [0.2, 0.25) is 0 Å². The molecule has 0 aromatic heterocycles. The Morgan fingerprint density at radius 2 is 1.71 bits per heavy atom. The number of rotatable bonds is 8. The van der Waals surface area contributed by atoms with Gasteiger partial charge >= 0.3 is 5.97 Å². The van der Waals surface area contributed by atoms with Crippen LogP contribution >= 0.6 is 0 Å². The Bertz CT molecular complexity index is 1340. The third kappa shape index (κ3) is 4.73. The smallest absolute Gasteiger partial charge is 0.339 e. The molecule has 178 valence electrons. The monoisotopic (exact) mass is 467 g/mol. The Balaban J connectivity index is 1.32. The van der Waals surface area contributed by atoms with Crippen LogP contribution in [-0.2, 0) is 6.42 Å². The molecule has 5 rings (SSSR count). The molecule has 0 bridgehead atoms. The summed E-state index contributed by atoms with van der Waals surface area (Å²) in [6, 6.07) is 28.3. The van der Waals surface area contributed by atoms with Crippen LogP contribution in [-0.4, -0.2) is 37.4 Å². The van der Waals surface area contributed by atoms with E-state index in [0.717, 1.165) is 36.3 Å². The van der Waals surface area contributed by atoms with E-state index in [-0.39, 0.29) is 17.6 Å². The Morgan fingerprint density at radius 3 is 2.57 bits per heavy atom. The Hall–Kier alpha value is -3.83. The summed E-state index contributed by atoms with van der Waals surface area (Å²) in [6.07, 6.45) is 1.63. The van der Waals surface area contributed by atoms with Crippen molar-refractivity contribution in [3.8, 4) is 11.5 Å². The molecule has 0 spiro atoms. The second-order valence-electron chi connectivity index (χ2n) is 8.89. The van der Waals surface area contributed by atoms with E-state index in [1.165, 1.54) is 23.4 Å². The second kappa shape index (κ2) is 10.2. The fourth-order valence-corrected chi connectivity index (χ4v) is 5.13. The maximum atomic E-state index is 11.8. The van der Waals surface area contributed by atoms with Gasteiger partial charge in [-0.3, -0.25) is 0 Å². The van der Waals surface area contributed by atoms with Crippen molar-refractivity contribution in [1.29, 1.82) is 0 Å². The molecule has 5 heteroatoms. The summed E-state index contributed by atoms with van der Waals surface area (Å²) in [4.78, 5) is 11.8. The van der Waals surface area contributed by atoms with Crippen molar-refractivity contribution in [3.63, 3.8) is 0 Å². The molecule has 0 amide bonds. The van der Waals surface area contributed by atoms with Crippen molar-refractivity contribution in [2.24, 2.45) is 0 Å². The molecule has 4 aromatic rings. The van der Waals surface area contributed by atoms with Gasteiger partial charge in [0.1, 0.15) is 23.2 Å². The topological polar surface area (TPSA) is 67.8 Å². The average molecular weight is 468 g/mol. The van der Waals surface area contributed by atoms with Gasteiger partial charge in [0.25, 0.3) is 0 Å². The summed E-state index contributed by atoms with van der Waals surface area (Å²) in [6.45, 7) is 1.55. The molecule has 1 heterocycles. The van der Waals surface area contributed by atoms with Crippen molar-refractivity contribution in [2.75, 3.05) is 20.2 Å². The van der Waals surface area contributed by atoms with Crippen LogP contribution in [0.3, 0.4) is 0 Å². The molecule has 2 N–H and O–H groups in total. The maximum absolute atomic E-state index is 11.8. The lowest BCUT2D eigenvalue weighted by Crippen LogP contribution is -2.36. The van der Waals surface area contributed by atoms with Crippen LogP contribution in [0.4, 0.5) is 0 Å². The van der Waals surface area contributed by atoms with E-state index < -0.39 is 5.97 Å². The first-order valence-corrected chi connectivity index (χ1v) is 12.0. The first-order valence-electron chi connectivity index (χ1n) is 12.0. The first-order chi connectivity index (χ1) is 17.2. The molecule has 4 aromatic carbocycles. The van der Waals surface area contributed by atoms with Gasteiger partial charge in [0, 0.05) is 23.6 Å². The number of carbonyl (C=O) groups is 1. The van der Waals surface area contributed by atoms with Crippen LogP contribution in [0.1, 0.15) is 39.4 Å². The second-order valence-corrected chi connectivity index (χ2v) is 8.89. The molecule has 5 nitrogen and oxygen atoms in total. The summed E-state index contributed by atoms with van der Waals surface area (Å²) < 4.78 is 11.9. The minimum atomic E-state index is -0.990. The zero-order valence-corrected chi connectivity index (χ0v) is 19.7. The summed E-state index contributed by atoms with van der Waals surface area (Å²) >= 11 is 0. The van der Waals surface area contributed by atoms with E-state index in [1.54, 1.807) is 12.1 Å². The highest BCUT2D eigenvalue weighted by molar-refractivity contribution is 5.91. The lowest BCUT2D eigenvalue weighted by Gasteiger charge is -2.33. The molecule has 35 heavy (non-hydrogen) atoms. The third-order valence-corrected chi connectivity index (χ3v) is 6.77. The largest absolute Gasteiger partial charge is 0.496 e. The van der Waals surface area contributed by atoms with E-state index in [2.05, 4.69) is 53.8 Å². The SMILES string of the molecule is COc1c(C(=O)O)cccc1[C@@H]1C[C@H](CNCCc2cccc3ccccc23)Oc2ccccc21. The van der Waals surface area contributed by atoms with E-state index in [4.69, 9.17) is 9.47 Å². The molecule has 0 aliphatic carbocycles. The van der Waals surface area contributed by atoms with Crippen LogP contribution in [0, 0.1) is 0 Å². The predicted molar refractivity (Wildman–Crippen MR) is 138 cm³/mol. The van der Waals surface area contributed by atoms with E-state index in [9.17, 15) is 9.90 Å². The number of hydrogen-bond donors (Lipinski definition) is 2. The molecule has 0 fully saturated rings. The molecular formula is C30H29NO4. The fourth-order valence-electron chi connectivity index (χ4n) is 5.13. The van der Waals surface area contributed by atoms with E-state index >= 15 is 0 Å². The highest BCUT2D eigenvalue weighted by Gasteiger charge is 2.32. The number of carboxylic acid groups (broad SMARTS) is 1. The van der Waals surface area contributed by atoms with Gasteiger partial charge in [0.05, 0.1) is 7.11 Å². The van der Waals surface area contributed by atoms with Crippen molar-refractivity contribution in [3.05, 3.63) is 107 Å². The molecule has 0 saturated carbocycles. The number of benzene rings is 4. The van der Waals surface area contributed by atoms with Gasteiger partial charge in [-0.15, -0.1) is 0 Å². The molecule has 0 radical (unpaired) electrons. The predicted octanol–water partition coefficient (Wildman–Crippen LogP) is 5.66. The number of fused-ring (bicyclic) bond motifs is 2. The highest BCUT2D eigenvalue weighted by Crippen LogP contribution is 2.44. The fraction of sp³-hybridized carbons (Fsp3) is 0.233. The number of aromatic carboxylic acids is 1. The van der Waals surface area contributed by atoms with E-state index in [0.29, 0.717) is 12.3 Å². The number of ether oxygens (including phenoxy) is 2. The van der Waals surface area contributed by atoms with Gasteiger partial charge in [-0.25, -0.2) is 4.79 Å². The summed E-state index contributed by atoms with van der Waals surface area (Å²) in [5.41, 5.74) is 3.45. The summed E-state index contributed by atoms with van der Waals surface area (Å²) in [5, 5.41) is 15.8. The van der Waals surface area contributed by atoms with Crippen molar-refractivity contribution < 1.29 is 19.4 Å². The Labute approximate surface area is 205 Å². The van der Waals surface area contributed by atoms with Crippen LogP contribution in [0.2, 0.25) is 0 Å². The minimum Gasteiger partial charge on any atom is -0.496 e. The zero-order chi connectivity index (χ0) is 24.2. The normalized spacial score (nSPS) is 16.9. The summed E-state index contributed by atoms with van der Waals surface area (Å²) in [5.74, 6) is 0.256. The van der Waals surface area contributed by atoms with Gasteiger partial charge in [-0.2, -0.15) is 0 Å². The number of methoxy groups -OCH3 is 1. The van der Waals surface area contributed by atoms with Crippen LogP contribution < -0.4 is 14.8 Å². The van der Waals surface area contributed by atoms with Crippen LogP contribution in [0.15, 0.2) is 84.9 Å². The molecule has 0 unspecified atom stereocenters. The van der Waals surface area contributed by atoms with Gasteiger partial charge in [0.15, 0.2) is 0 Å². The molecule has 1 aliphatic heterocycles. The summed E-state index contributed by atoms with van der Waals surface area (Å²) in [7, 11) is 1.53. The van der Waals surface area contributed by atoms with Gasteiger partial charge < -0.3 is 19.9 Å². The lowest BCUT2D eigenvalue weighted by atomic mass is 9.83. The molecule has 0 saturated heterocycles. The number of nitrogens with one attached hydrogen (secondary N) is 1. The zero-order valence-electron chi connectivity index (χ0n) is 19.7. The number of carboxylic acids is 1. The Kier molecular flexibility index (Phi) is 6.68. The number of hydrogen-bond acceptors (Lipinski definition) is 4. The van der Waals surface area contributed by atoms with Gasteiger partial charge in [-0.1, -0.05) is 72.8 Å². The average Bonchev–Trinajstić information content (AvgIpc) is 2.90. The van der Waals surface area contributed by atoms with Crippen molar-refractivity contribution >= 4 is 16.7 Å². The van der Waals surface area contributed by atoms with E-state index in [1.807, 2.05) is 24.3 Å². The van der Waals surface area contributed by atoms with Crippen molar-refractivity contribution in [1.82, 2.24) is 5.32 Å². The highest BCUT2D eigenvalue weighted by atomic mass is 16.5. The van der Waals surface area contributed by atoms with Crippen molar-refractivity contribution in [2.45, 2.75) is 24.9 Å². The Morgan fingerprint density at radius 1 is 0.971 bits per heavy atom. The van der Waals surface area contributed by atoms with Gasteiger partial charge in [-0.05, 0) is 47.9 Å². The first kappa shape index (κ1) is 22.9. The lowest BCUT2D eigenvalue weighted by molar-refractivity contribution is 0.0693. The van der Waals surface area contributed by atoms with Crippen LogP contribution in [0.25, 0.3) is 10.8 Å². The third-order valence-electron chi connectivity index (χ3n) is 6.77. The molecular weight excluding hydrogens is 438 g/mol. The standard InChI is InChI=1S/C30H29NO4/c1-34-29-25(13-7-14-26(29)30(32)33)27-18-22(35-28-15-5-4-12-24(27)28)19-31-17-16-21-10-6-9-20-8-2-3-11-23(20)21/h2-15,22,27,31H,16-19H2,1H3,(H,32,33)/t22-,27-/m1/s1. The molecule has 2 atom stereocenters. The quantitative estimate of drug-likeness (QED) is 0.327. The van der Waals surface area contributed by atoms with Crippen LogP contribution in [0.5, 0.6) is 11.5 Å². The maximum Gasteiger partial charge on any atom is 0.339 e. The number of para-hydroxylation sites is 2.